The monoisotopic (exact) mass is 740 g/mol. The minimum Gasteiger partial charge on any atom is -0.507 e. The highest BCUT2D eigenvalue weighted by molar-refractivity contribution is 9.10. The number of carbonyl (C=O) groups excluding carboxylic acids is 4. The summed E-state index contributed by atoms with van der Waals surface area (Å²) in [5.74, 6) is -4.58. The van der Waals surface area contributed by atoms with Gasteiger partial charge in [-0.3, -0.25) is 29.0 Å². The first-order chi connectivity index (χ1) is 24.7. The number of halogens is 1. The molecule has 2 heterocycles. The summed E-state index contributed by atoms with van der Waals surface area (Å²) in [6.45, 7) is 2.24. The van der Waals surface area contributed by atoms with Crippen molar-refractivity contribution >= 4 is 62.1 Å². The summed E-state index contributed by atoms with van der Waals surface area (Å²) < 4.78 is 6.33. The number of hydrogen-bond acceptors (Lipinski definition) is 7. The summed E-state index contributed by atoms with van der Waals surface area (Å²) in [7, 11) is 0. The van der Waals surface area contributed by atoms with Gasteiger partial charge in [0.2, 0.25) is 0 Å². The van der Waals surface area contributed by atoms with Crippen molar-refractivity contribution in [3.05, 3.63) is 166 Å². The van der Waals surface area contributed by atoms with E-state index in [-0.39, 0.29) is 28.1 Å². The number of rotatable bonds is 8. The maximum Gasteiger partial charge on any atom is 0.300 e. The molecule has 2 aliphatic rings. The number of carbonyl (C=O) groups is 4. The minimum absolute atomic E-state index is 0.0858. The Kier molecular flexibility index (Phi) is 8.62. The molecule has 0 bridgehead atoms. The molecular weight excluding hydrogens is 712 g/mol. The zero-order valence-electron chi connectivity index (χ0n) is 27.1. The van der Waals surface area contributed by atoms with Gasteiger partial charge in [0, 0.05) is 21.3 Å². The highest BCUT2D eigenvalue weighted by Crippen LogP contribution is 2.55. The average Bonchev–Trinajstić information content (AvgIpc) is 3.55. The van der Waals surface area contributed by atoms with Crippen molar-refractivity contribution in [1.29, 1.82) is 0 Å². The first-order valence-corrected chi connectivity index (χ1v) is 16.8. The highest BCUT2D eigenvalue weighted by Gasteiger charge is 2.70. The third-order valence-electron chi connectivity index (χ3n) is 8.85. The normalized spacial score (nSPS) is 18.2. The van der Waals surface area contributed by atoms with Gasteiger partial charge < -0.3 is 14.9 Å². The molecule has 0 radical (unpaired) electrons. The van der Waals surface area contributed by atoms with Crippen LogP contribution in [-0.2, 0) is 14.4 Å². The molecule has 0 aromatic heterocycles. The smallest absolute Gasteiger partial charge is 0.300 e. The first kappa shape index (κ1) is 33.2. The van der Waals surface area contributed by atoms with Crippen molar-refractivity contribution in [2.24, 2.45) is 0 Å². The number of para-hydroxylation sites is 2. The number of ketones is 2. The van der Waals surface area contributed by atoms with Crippen molar-refractivity contribution in [3.63, 3.8) is 0 Å². The molecule has 51 heavy (non-hydrogen) atoms. The van der Waals surface area contributed by atoms with E-state index in [1.807, 2.05) is 6.92 Å². The lowest BCUT2D eigenvalue weighted by atomic mass is 9.77. The van der Waals surface area contributed by atoms with Gasteiger partial charge in [0.05, 0.1) is 29.1 Å². The topological polar surface area (TPSA) is 124 Å². The van der Waals surface area contributed by atoms with E-state index >= 15 is 9.59 Å². The molecule has 2 amide bonds. The molecule has 1 unspecified atom stereocenters. The zero-order valence-corrected chi connectivity index (χ0v) is 28.7. The van der Waals surface area contributed by atoms with E-state index in [4.69, 9.17) is 4.74 Å². The summed E-state index contributed by atoms with van der Waals surface area (Å²) in [5, 5.41) is 23.4. The Morgan fingerprint density at radius 2 is 1.37 bits per heavy atom. The summed E-state index contributed by atoms with van der Waals surface area (Å²) in [6, 6.07) is 35.5. The summed E-state index contributed by atoms with van der Waals surface area (Å²) in [4.78, 5) is 62.1. The van der Waals surface area contributed by atoms with Gasteiger partial charge in [-0.15, -0.1) is 0 Å². The molecule has 7 rings (SSSR count). The highest BCUT2D eigenvalue weighted by atomic mass is 79.9. The fourth-order valence-electron chi connectivity index (χ4n) is 6.68. The second kappa shape index (κ2) is 13.2. The van der Waals surface area contributed by atoms with Crippen molar-refractivity contribution in [2.45, 2.75) is 12.5 Å². The van der Waals surface area contributed by atoms with Gasteiger partial charge in [-0.25, -0.2) is 0 Å². The molecule has 0 saturated carbocycles. The van der Waals surface area contributed by atoms with E-state index in [1.165, 1.54) is 41.3 Å². The molecular formula is C41H29BrN2O7. The van der Waals surface area contributed by atoms with Gasteiger partial charge in [0.1, 0.15) is 17.3 Å². The van der Waals surface area contributed by atoms with Crippen LogP contribution in [0.4, 0.5) is 11.4 Å². The Hall–Kier alpha value is -6.26. The lowest BCUT2D eigenvalue weighted by Crippen LogP contribution is -2.56. The van der Waals surface area contributed by atoms with Gasteiger partial charge >= 0.3 is 5.91 Å². The van der Waals surface area contributed by atoms with Crippen LogP contribution in [-0.4, -0.2) is 45.7 Å². The quantitative estimate of drug-likeness (QED) is 0.0730. The van der Waals surface area contributed by atoms with E-state index in [1.54, 1.807) is 97.1 Å². The van der Waals surface area contributed by atoms with E-state index < -0.39 is 46.0 Å². The summed E-state index contributed by atoms with van der Waals surface area (Å²) in [6.07, 6.45) is 0. The van der Waals surface area contributed by atoms with Crippen LogP contribution in [0.25, 0.3) is 11.5 Å². The number of aliphatic hydroxyl groups excluding tert-OH is 1. The van der Waals surface area contributed by atoms with Crippen molar-refractivity contribution in [3.8, 4) is 11.5 Å². The molecule has 252 valence electrons. The number of Topliss-reactive ketones (excluding diaryl/α,β-unsaturated/α-hetero) is 2. The van der Waals surface area contributed by atoms with Gasteiger partial charge in [0.15, 0.2) is 11.3 Å². The first-order valence-electron chi connectivity index (χ1n) is 16.0. The van der Waals surface area contributed by atoms with Crippen LogP contribution in [0.2, 0.25) is 0 Å². The lowest BCUT2D eigenvalue weighted by molar-refractivity contribution is -0.132. The number of ether oxygens (including phenoxy) is 1. The third-order valence-corrected chi connectivity index (χ3v) is 9.38. The fourth-order valence-corrected chi connectivity index (χ4v) is 6.95. The summed E-state index contributed by atoms with van der Waals surface area (Å²) >= 11 is 3.38. The molecule has 10 heteroatoms. The Morgan fingerprint density at radius 3 is 2.00 bits per heavy atom. The largest absolute Gasteiger partial charge is 0.507 e. The van der Waals surface area contributed by atoms with Crippen LogP contribution in [0.3, 0.4) is 0 Å². The second-order valence-corrected chi connectivity index (χ2v) is 12.7. The maximum atomic E-state index is 15.8. The molecule has 2 N–H and O–H groups in total. The molecule has 1 spiro atoms. The van der Waals surface area contributed by atoms with Crippen LogP contribution in [0.1, 0.15) is 28.4 Å². The summed E-state index contributed by atoms with van der Waals surface area (Å²) in [5.41, 5.74) is -2.61. The average molecular weight is 742 g/mol. The molecule has 1 saturated heterocycles. The van der Waals surface area contributed by atoms with Crippen molar-refractivity contribution in [1.82, 2.24) is 0 Å². The Morgan fingerprint density at radius 1 is 0.765 bits per heavy atom. The van der Waals surface area contributed by atoms with Crippen molar-refractivity contribution in [2.75, 3.05) is 16.4 Å². The van der Waals surface area contributed by atoms with Crippen molar-refractivity contribution < 1.29 is 34.1 Å². The second-order valence-electron chi connectivity index (χ2n) is 11.8. The van der Waals surface area contributed by atoms with Crippen LogP contribution < -0.4 is 14.5 Å². The van der Waals surface area contributed by atoms with E-state index in [0.29, 0.717) is 28.1 Å². The molecule has 1 fully saturated rings. The predicted molar refractivity (Wildman–Crippen MR) is 196 cm³/mol. The van der Waals surface area contributed by atoms with Gasteiger partial charge in [-0.2, -0.15) is 0 Å². The Balaban J connectivity index is 1.67. The maximum absolute atomic E-state index is 15.8. The molecule has 5 aromatic rings. The Labute approximate surface area is 301 Å². The lowest BCUT2D eigenvalue weighted by Gasteiger charge is -2.36. The SMILES string of the molecule is CCOc1ccc(N2C(=O)C3(C(C(=O)c4ccccc4)=C2c2ccccc2)/C(=C(\O)c2ccc(Br)cc2)C(=O)C(=O)N3c2ccccc2O)cc1. The minimum atomic E-state index is -2.60. The number of anilines is 2. The van der Waals surface area contributed by atoms with Crippen LogP contribution in [0.5, 0.6) is 11.5 Å². The van der Waals surface area contributed by atoms with Gasteiger partial charge in [-0.05, 0) is 61.0 Å². The molecule has 2 aliphatic heterocycles. The van der Waals surface area contributed by atoms with E-state index in [0.717, 1.165) is 4.90 Å². The number of benzene rings is 5. The molecule has 0 aliphatic carbocycles. The Bertz CT molecular complexity index is 2270. The van der Waals surface area contributed by atoms with Crippen LogP contribution in [0, 0.1) is 0 Å². The van der Waals surface area contributed by atoms with Gasteiger partial charge in [0.25, 0.3) is 11.7 Å². The molecule has 9 nitrogen and oxygen atoms in total. The number of nitrogens with zero attached hydrogens (tertiary/aromatic N) is 2. The van der Waals surface area contributed by atoms with Crippen LogP contribution in [0.15, 0.2) is 149 Å². The third kappa shape index (κ3) is 5.32. The number of hydrogen-bond donors (Lipinski definition) is 2. The van der Waals surface area contributed by atoms with Crippen LogP contribution >= 0.6 is 15.9 Å². The predicted octanol–water partition coefficient (Wildman–Crippen LogP) is 7.52. The number of phenols is 1. The van der Waals surface area contributed by atoms with Gasteiger partial charge in [-0.1, -0.05) is 101 Å². The van der Waals surface area contributed by atoms with E-state index in [9.17, 15) is 19.8 Å². The molecule has 1 atom stereocenters. The zero-order chi connectivity index (χ0) is 35.9. The number of phenolic OH excluding ortho intramolecular Hbond substituents is 1. The molecule has 5 aromatic carbocycles. The number of aliphatic hydroxyl groups is 1. The number of aromatic hydroxyl groups is 1. The number of amides is 2. The fraction of sp³-hybridized carbons (Fsp3) is 0.0732. The standard InChI is InChI=1S/C41H29BrN2O7/c1-2-51-30-23-21-29(22-24-30)43-35(25-11-5-3-6-12-25)33(36(46)26-13-7-4-8-14-26)41(40(43)50)34(37(47)27-17-19-28(42)20-18-27)38(48)39(49)44(41)31-15-9-10-16-32(31)45/h3-24,45,47H,2H2,1H3/b37-34-. The van der Waals surface area contributed by atoms with E-state index in [2.05, 4.69) is 15.9 Å².